The molecule has 7 heteroatoms. The summed E-state index contributed by atoms with van der Waals surface area (Å²) in [6.45, 7) is 0. The van der Waals surface area contributed by atoms with E-state index in [0.29, 0.717) is 0 Å². The number of hydrogen-bond acceptors (Lipinski definition) is 2. The van der Waals surface area contributed by atoms with Crippen LogP contribution in [0.25, 0.3) is 0 Å². The normalized spacial score (nSPS) is 8.00. The van der Waals surface area contributed by atoms with E-state index in [1.807, 2.05) is 0 Å². The maximum absolute atomic E-state index is 8.97. The van der Waals surface area contributed by atoms with E-state index in [-0.39, 0.29) is 5.48 Å². The van der Waals surface area contributed by atoms with Crippen LogP contribution in [0.5, 0.6) is 0 Å². The van der Waals surface area contributed by atoms with E-state index in [4.69, 9.17) is 13.0 Å². The standard InChI is InChI=1S/CH3Cl.H3NO3S.H2O/c1-2;1-5(2,3)4;/h1H3;(H3,1,2,3,4);1H2. The lowest BCUT2D eigenvalue weighted by Crippen LogP contribution is -2.08. The molecule has 0 atom stereocenters. The van der Waals surface area contributed by atoms with Gasteiger partial charge in [0.1, 0.15) is 0 Å². The predicted molar refractivity (Wildman–Crippen MR) is 31.1 cm³/mol. The highest BCUT2D eigenvalue weighted by Crippen LogP contribution is 1.50. The van der Waals surface area contributed by atoms with Crippen molar-refractivity contribution in [2.75, 3.05) is 6.38 Å². The highest BCUT2D eigenvalue weighted by Gasteiger charge is 1.81. The molecule has 0 amide bonds. The Labute approximate surface area is 52.6 Å². The Balaban J connectivity index is -0.0000000750. The molecule has 54 valence electrons. The van der Waals surface area contributed by atoms with Crippen molar-refractivity contribution >= 4 is 21.9 Å². The van der Waals surface area contributed by atoms with Gasteiger partial charge in [-0.05, 0) is 0 Å². The van der Waals surface area contributed by atoms with Crippen LogP contribution in [-0.4, -0.2) is 24.8 Å². The van der Waals surface area contributed by atoms with Gasteiger partial charge in [0.15, 0.2) is 0 Å². The second-order valence-electron chi connectivity index (χ2n) is 0.515. The van der Waals surface area contributed by atoms with Gasteiger partial charge in [0.2, 0.25) is 0 Å². The minimum Gasteiger partial charge on any atom is -0.412 e. The molecule has 5 nitrogen and oxygen atoms in total. The molecule has 0 saturated heterocycles. The molecule has 0 rings (SSSR count). The van der Waals surface area contributed by atoms with Crippen LogP contribution in [0.4, 0.5) is 0 Å². The summed E-state index contributed by atoms with van der Waals surface area (Å²) in [5, 5.41) is 3.88. The molecular formula is CH8ClNO4S. The van der Waals surface area contributed by atoms with E-state index >= 15 is 0 Å². The summed E-state index contributed by atoms with van der Waals surface area (Å²) >= 11 is 4.64. The van der Waals surface area contributed by atoms with Gasteiger partial charge in [-0.25, -0.2) is 5.14 Å². The Morgan fingerprint density at radius 3 is 1.50 bits per heavy atom. The molecule has 0 spiro atoms. The minimum atomic E-state index is -4.17. The first-order chi connectivity index (χ1) is 3.00. The fourth-order valence-corrected chi connectivity index (χ4v) is 0. The van der Waals surface area contributed by atoms with Crippen molar-refractivity contribution in [3.8, 4) is 0 Å². The molecule has 0 aromatic carbocycles. The molecule has 0 aliphatic carbocycles. The van der Waals surface area contributed by atoms with Gasteiger partial charge in [0.05, 0.1) is 0 Å². The molecule has 0 aromatic rings. The topological polar surface area (TPSA) is 112 Å². The zero-order valence-electron chi connectivity index (χ0n) is 4.13. The van der Waals surface area contributed by atoms with Crippen LogP contribution in [0.3, 0.4) is 0 Å². The SMILES string of the molecule is CCl.NS(=O)(=O)O.O. The van der Waals surface area contributed by atoms with E-state index in [2.05, 4.69) is 16.7 Å². The van der Waals surface area contributed by atoms with Crippen molar-refractivity contribution in [1.82, 2.24) is 0 Å². The summed E-state index contributed by atoms with van der Waals surface area (Å²) in [5.74, 6) is 0. The van der Waals surface area contributed by atoms with E-state index < -0.39 is 10.3 Å². The van der Waals surface area contributed by atoms with Gasteiger partial charge < -0.3 is 5.48 Å². The molecule has 0 fully saturated rings. The Hall–Kier alpha value is 0.120. The van der Waals surface area contributed by atoms with Crippen molar-refractivity contribution in [2.24, 2.45) is 5.14 Å². The molecule has 0 bridgehead atoms. The van der Waals surface area contributed by atoms with Gasteiger partial charge in [-0.2, -0.15) is 8.42 Å². The Morgan fingerprint density at radius 1 is 1.50 bits per heavy atom. The molecule has 0 aromatic heterocycles. The van der Waals surface area contributed by atoms with E-state index in [1.54, 1.807) is 0 Å². The largest absolute Gasteiger partial charge is 0.412 e. The summed E-state index contributed by atoms with van der Waals surface area (Å²) in [6.07, 6.45) is 1.47. The molecule has 0 radical (unpaired) electrons. The molecule has 0 aliphatic heterocycles. The average molecular weight is 166 g/mol. The monoisotopic (exact) mass is 165 g/mol. The lowest BCUT2D eigenvalue weighted by atomic mass is 12.0. The van der Waals surface area contributed by atoms with Crippen LogP contribution in [-0.2, 0) is 10.3 Å². The van der Waals surface area contributed by atoms with E-state index in [1.165, 1.54) is 6.38 Å². The third kappa shape index (κ3) is 11100. The Kier molecular flexibility index (Phi) is 14.0. The zero-order chi connectivity index (χ0) is 6.50. The van der Waals surface area contributed by atoms with Crippen LogP contribution >= 0.6 is 11.6 Å². The molecule has 0 saturated carbocycles. The van der Waals surface area contributed by atoms with Gasteiger partial charge in [-0.3, -0.25) is 4.55 Å². The first-order valence-corrected chi connectivity index (χ1v) is 3.39. The number of alkyl halides is 1. The van der Waals surface area contributed by atoms with Gasteiger partial charge in [-0.15, -0.1) is 11.6 Å². The van der Waals surface area contributed by atoms with Crippen LogP contribution in [0.1, 0.15) is 0 Å². The third-order valence-electron chi connectivity index (χ3n) is 0. The van der Waals surface area contributed by atoms with Gasteiger partial charge >= 0.3 is 10.3 Å². The summed E-state index contributed by atoms with van der Waals surface area (Å²) in [6, 6.07) is 0. The van der Waals surface area contributed by atoms with E-state index in [9.17, 15) is 0 Å². The molecule has 8 heavy (non-hydrogen) atoms. The highest BCUT2D eigenvalue weighted by molar-refractivity contribution is 7.83. The van der Waals surface area contributed by atoms with Crippen molar-refractivity contribution in [2.45, 2.75) is 0 Å². The van der Waals surface area contributed by atoms with Gasteiger partial charge in [0.25, 0.3) is 0 Å². The number of halogens is 1. The van der Waals surface area contributed by atoms with Gasteiger partial charge in [-0.1, -0.05) is 0 Å². The number of nitrogens with two attached hydrogens (primary N) is 1. The van der Waals surface area contributed by atoms with Crippen molar-refractivity contribution < 1.29 is 18.4 Å². The second kappa shape index (κ2) is 7.12. The highest BCUT2D eigenvalue weighted by atomic mass is 35.5. The third-order valence-corrected chi connectivity index (χ3v) is 0. The van der Waals surface area contributed by atoms with Crippen molar-refractivity contribution in [3.05, 3.63) is 0 Å². The number of rotatable bonds is 0. The minimum absolute atomic E-state index is 0. The fraction of sp³-hybridized carbons (Fsp3) is 1.00. The van der Waals surface area contributed by atoms with Crippen molar-refractivity contribution in [3.63, 3.8) is 0 Å². The van der Waals surface area contributed by atoms with Crippen LogP contribution in [0.15, 0.2) is 0 Å². The first-order valence-electron chi connectivity index (χ1n) is 1.13. The molecule has 5 N–H and O–H groups in total. The fourth-order valence-electron chi connectivity index (χ4n) is 0. The first kappa shape index (κ1) is 15.7. The quantitative estimate of drug-likeness (QED) is 0.347. The maximum Gasteiger partial charge on any atom is 0.330 e. The average Bonchev–Trinajstić information content (AvgIpc) is 1.36. The Bertz CT molecular complexity index is 99.2. The molecule has 0 unspecified atom stereocenters. The summed E-state index contributed by atoms with van der Waals surface area (Å²) in [4.78, 5) is 0. The lowest BCUT2D eigenvalue weighted by molar-refractivity contribution is 0.485. The van der Waals surface area contributed by atoms with E-state index in [0.717, 1.165) is 0 Å². The van der Waals surface area contributed by atoms with Crippen LogP contribution in [0.2, 0.25) is 0 Å². The van der Waals surface area contributed by atoms with Crippen molar-refractivity contribution in [1.29, 1.82) is 0 Å². The maximum atomic E-state index is 8.97. The lowest BCUT2D eigenvalue weighted by Gasteiger charge is -1.70. The number of hydrogen-bond donors (Lipinski definition) is 2. The Morgan fingerprint density at radius 2 is 1.50 bits per heavy atom. The smallest absolute Gasteiger partial charge is 0.330 e. The molecule has 0 heterocycles. The zero-order valence-corrected chi connectivity index (χ0v) is 5.70. The summed E-state index contributed by atoms with van der Waals surface area (Å²) in [7, 11) is -4.17. The van der Waals surface area contributed by atoms with Gasteiger partial charge in [0, 0.05) is 6.38 Å². The second-order valence-corrected chi connectivity index (χ2v) is 1.54. The molecule has 0 aliphatic rings. The van der Waals surface area contributed by atoms with Crippen LogP contribution < -0.4 is 5.14 Å². The summed E-state index contributed by atoms with van der Waals surface area (Å²) < 4.78 is 25.2. The molecular weight excluding hydrogens is 158 g/mol. The predicted octanol–water partition coefficient (Wildman–Crippen LogP) is -1.22. The summed E-state index contributed by atoms with van der Waals surface area (Å²) in [5.41, 5.74) is 0. The van der Waals surface area contributed by atoms with Crippen LogP contribution in [0, 0.1) is 0 Å².